The number of nitrogen functional groups attached to an aromatic ring is 1. The molecule has 1 aromatic heterocycles. The molecule has 0 saturated heterocycles. The average molecular weight is 368 g/mol. The fraction of sp³-hybridized carbons (Fsp3) is 0.231. The molecular formula is C13H10Cl2F3N3O2. The van der Waals surface area contributed by atoms with E-state index in [0.29, 0.717) is 12.1 Å². The standard InChI is InChI=1S/C13H10Cl2F3N3O2/c1-2-23-12(22)9-5-10(19)21(20-9)11-7(14)3-6(4-8(11)15)13(16,17)18/h3-5H,2,19H2,1H3. The van der Waals surface area contributed by atoms with Crippen LogP contribution >= 0.6 is 23.2 Å². The summed E-state index contributed by atoms with van der Waals surface area (Å²) in [6, 6.07) is 2.62. The molecule has 2 N–H and O–H groups in total. The maximum Gasteiger partial charge on any atom is 0.416 e. The molecule has 124 valence electrons. The van der Waals surface area contributed by atoms with Gasteiger partial charge in [-0.3, -0.25) is 0 Å². The van der Waals surface area contributed by atoms with Crippen LogP contribution in [0.15, 0.2) is 18.2 Å². The molecule has 2 rings (SSSR count). The molecule has 0 amide bonds. The average Bonchev–Trinajstić information content (AvgIpc) is 2.79. The molecule has 0 bridgehead atoms. The van der Waals surface area contributed by atoms with Crippen molar-refractivity contribution in [3.8, 4) is 5.69 Å². The number of anilines is 1. The lowest BCUT2D eigenvalue weighted by Crippen LogP contribution is -2.09. The minimum Gasteiger partial charge on any atom is -0.461 e. The second kappa shape index (κ2) is 6.29. The molecule has 0 aliphatic heterocycles. The Morgan fingerprint density at radius 2 is 1.87 bits per heavy atom. The van der Waals surface area contributed by atoms with Crippen LogP contribution in [0.1, 0.15) is 23.0 Å². The largest absolute Gasteiger partial charge is 0.461 e. The van der Waals surface area contributed by atoms with Gasteiger partial charge in [-0.2, -0.15) is 18.3 Å². The van der Waals surface area contributed by atoms with E-state index in [1.807, 2.05) is 0 Å². The first-order valence-corrected chi connectivity index (χ1v) is 7.00. The molecule has 0 aliphatic rings. The van der Waals surface area contributed by atoms with Crippen LogP contribution in [0, 0.1) is 0 Å². The molecule has 0 fully saturated rings. The SMILES string of the molecule is CCOC(=O)c1cc(N)n(-c2c(Cl)cc(C(F)(F)F)cc2Cl)n1. The Bertz CT molecular complexity index is 736. The van der Waals surface area contributed by atoms with Gasteiger partial charge >= 0.3 is 12.1 Å². The van der Waals surface area contributed by atoms with Crippen molar-refractivity contribution < 1.29 is 22.7 Å². The first-order valence-electron chi connectivity index (χ1n) is 6.24. The number of benzene rings is 1. The Balaban J connectivity index is 2.53. The summed E-state index contributed by atoms with van der Waals surface area (Å²) in [4.78, 5) is 11.6. The minimum absolute atomic E-state index is 0.0309. The summed E-state index contributed by atoms with van der Waals surface area (Å²) in [5.41, 5.74) is 4.54. The number of nitrogens with zero attached hydrogens (tertiary/aromatic N) is 2. The molecule has 0 aliphatic carbocycles. The second-order valence-electron chi connectivity index (χ2n) is 4.37. The number of nitrogens with two attached hydrogens (primary N) is 1. The third-order valence-corrected chi connectivity index (χ3v) is 3.35. The molecule has 2 aromatic rings. The van der Waals surface area contributed by atoms with Crippen LogP contribution in [0.25, 0.3) is 5.69 Å². The van der Waals surface area contributed by atoms with Crippen molar-refractivity contribution in [3.05, 3.63) is 39.5 Å². The Morgan fingerprint density at radius 1 is 1.30 bits per heavy atom. The zero-order chi connectivity index (χ0) is 17.4. The van der Waals surface area contributed by atoms with E-state index in [2.05, 4.69) is 5.10 Å². The van der Waals surface area contributed by atoms with Gasteiger partial charge in [-0.15, -0.1) is 0 Å². The maximum absolute atomic E-state index is 12.7. The number of carbonyl (C=O) groups is 1. The third kappa shape index (κ3) is 3.53. The molecule has 5 nitrogen and oxygen atoms in total. The molecule has 0 atom stereocenters. The highest BCUT2D eigenvalue weighted by Gasteiger charge is 2.32. The van der Waals surface area contributed by atoms with E-state index in [-0.39, 0.29) is 33.9 Å². The van der Waals surface area contributed by atoms with Crippen molar-refractivity contribution in [2.45, 2.75) is 13.1 Å². The summed E-state index contributed by atoms with van der Waals surface area (Å²) >= 11 is 11.8. The van der Waals surface area contributed by atoms with Crippen LogP contribution < -0.4 is 5.73 Å². The lowest BCUT2D eigenvalue weighted by molar-refractivity contribution is -0.137. The quantitative estimate of drug-likeness (QED) is 0.833. The fourth-order valence-corrected chi connectivity index (χ4v) is 2.46. The zero-order valence-electron chi connectivity index (χ0n) is 11.6. The summed E-state index contributed by atoms with van der Waals surface area (Å²) < 4.78 is 43.9. The monoisotopic (exact) mass is 367 g/mol. The zero-order valence-corrected chi connectivity index (χ0v) is 13.1. The fourth-order valence-electron chi connectivity index (χ4n) is 1.81. The lowest BCUT2D eigenvalue weighted by atomic mass is 10.2. The van der Waals surface area contributed by atoms with Gasteiger partial charge in [0.1, 0.15) is 11.5 Å². The number of alkyl halides is 3. The van der Waals surface area contributed by atoms with Gasteiger partial charge < -0.3 is 10.5 Å². The molecule has 23 heavy (non-hydrogen) atoms. The molecule has 0 spiro atoms. The van der Waals surface area contributed by atoms with Gasteiger partial charge in [-0.05, 0) is 19.1 Å². The molecule has 0 saturated carbocycles. The summed E-state index contributed by atoms with van der Waals surface area (Å²) in [5, 5.41) is 3.26. The van der Waals surface area contributed by atoms with E-state index in [4.69, 9.17) is 33.7 Å². The number of hydrogen-bond donors (Lipinski definition) is 1. The number of esters is 1. The van der Waals surface area contributed by atoms with Crippen molar-refractivity contribution in [1.82, 2.24) is 9.78 Å². The predicted octanol–water partition coefficient (Wildman–Crippen LogP) is 3.96. The Hall–Kier alpha value is -1.93. The van der Waals surface area contributed by atoms with E-state index >= 15 is 0 Å². The van der Waals surface area contributed by atoms with Crippen LogP contribution in [0.4, 0.5) is 19.0 Å². The van der Waals surface area contributed by atoms with Crippen LogP contribution in [0.5, 0.6) is 0 Å². The van der Waals surface area contributed by atoms with E-state index in [9.17, 15) is 18.0 Å². The van der Waals surface area contributed by atoms with Crippen LogP contribution in [-0.4, -0.2) is 22.4 Å². The summed E-state index contributed by atoms with van der Waals surface area (Å²) in [6.45, 7) is 1.75. The smallest absolute Gasteiger partial charge is 0.416 e. The van der Waals surface area contributed by atoms with Crippen molar-refractivity contribution in [2.75, 3.05) is 12.3 Å². The highest BCUT2D eigenvalue weighted by Crippen LogP contribution is 2.38. The van der Waals surface area contributed by atoms with Crippen molar-refractivity contribution in [3.63, 3.8) is 0 Å². The molecule has 1 aromatic carbocycles. The van der Waals surface area contributed by atoms with Crippen LogP contribution in [0.2, 0.25) is 10.0 Å². The van der Waals surface area contributed by atoms with Gasteiger partial charge in [0.05, 0.1) is 22.2 Å². The van der Waals surface area contributed by atoms with Gasteiger partial charge in [0.15, 0.2) is 5.69 Å². The lowest BCUT2D eigenvalue weighted by Gasteiger charge is -2.13. The molecule has 1 heterocycles. The molecular weight excluding hydrogens is 358 g/mol. The van der Waals surface area contributed by atoms with E-state index < -0.39 is 17.7 Å². The molecule has 0 unspecified atom stereocenters. The summed E-state index contributed by atoms with van der Waals surface area (Å²) in [6.07, 6.45) is -4.60. The Morgan fingerprint density at radius 3 is 2.35 bits per heavy atom. The van der Waals surface area contributed by atoms with Crippen LogP contribution in [0.3, 0.4) is 0 Å². The highest BCUT2D eigenvalue weighted by atomic mass is 35.5. The normalized spacial score (nSPS) is 11.6. The first-order chi connectivity index (χ1) is 10.6. The number of aromatic nitrogens is 2. The Kier molecular flexibility index (Phi) is 4.76. The highest BCUT2D eigenvalue weighted by molar-refractivity contribution is 6.38. The van der Waals surface area contributed by atoms with Crippen molar-refractivity contribution >= 4 is 35.0 Å². The number of carbonyl (C=O) groups excluding carboxylic acids is 1. The molecule has 0 radical (unpaired) electrons. The first kappa shape index (κ1) is 17.4. The van der Waals surface area contributed by atoms with Gasteiger partial charge in [-0.1, -0.05) is 23.2 Å². The number of halogens is 5. The third-order valence-electron chi connectivity index (χ3n) is 2.78. The van der Waals surface area contributed by atoms with Gasteiger partial charge in [0.25, 0.3) is 0 Å². The number of ether oxygens (including phenoxy) is 1. The number of hydrogen-bond acceptors (Lipinski definition) is 4. The van der Waals surface area contributed by atoms with E-state index in [1.165, 1.54) is 6.07 Å². The van der Waals surface area contributed by atoms with Gasteiger partial charge in [0, 0.05) is 6.07 Å². The molecule has 10 heteroatoms. The Labute approximate surface area is 138 Å². The van der Waals surface area contributed by atoms with Crippen molar-refractivity contribution in [1.29, 1.82) is 0 Å². The van der Waals surface area contributed by atoms with Crippen molar-refractivity contribution in [2.24, 2.45) is 0 Å². The maximum atomic E-state index is 12.7. The summed E-state index contributed by atoms with van der Waals surface area (Å²) in [5.74, 6) is -0.756. The van der Waals surface area contributed by atoms with E-state index in [0.717, 1.165) is 4.68 Å². The van der Waals surface area contributed by atoms with Gasteiger partial charge in [0.2, 0.25) is 0 Å². The number of rotatable bonds is 3. The predicted molar refractivity (Wildman–Crippen MR) is 79.0 cm³/mol. The minimum atomic E-state index is -4.60. The van der Waals surface area contributed by atoms with Crippen LogP contribution in [-0.2, 0) is 10.9 Å². The van der Waals surface area contributed by atoms with E-state index in [1.54, 1.807) is 6.92 Å². The van der Waals surface area contributed by atoms with Gasteiger partial charge in [-0.25, -0.2) is 9.48 Å². The summed E-state index contributed by atoms with van der Waals surface area (Å²) in [7, 11) is 0. The second-order valence-corrected chi connectivity index (χ2v) is 5.19. The topological polar surface area (TPSA) is 70.1 Å².